The highest BCUT2D eigenvalue weighted by Crippen LogP contribution is 2.41. The SMILES string of the molecule is COCCOCCOCCOCCC(=O)CCCC(=O)N1Cc2ccccc2-c2nnn(CCOC(=O)NCCCCC(NC(C)(C)C)C(=O)C(C)(C)C)c2-c2ccccc21. The Kier molecular flexibility index (Phi) is 20.0. The number of ketones is 2. The summed E-state index contributed by atoms with van der Waals surface area (Å²) >= 11 is 0. The summed E-state index contributed by atoms with van der Waals surface area (Å²) < 4.78 is 28.6. The molecule has 1 aliphatic rings. The third-order valence-electron chi connectivity index (χ3n) is 10.0. The summed E-state index contributed by atoms with van der Waals surface area (Å²) in [5.41, 5.74) is 3.98. The van der Waals surface area contributed by atoms with Gasteiger partial charge < -0.3 is 39.2 Å². The van der Waals surface area contributed by atoms with Crippen LogP contribution in [0.25, 0.3) is 22.5 Å². The Morgan fingerprint density at radius 2 is 1.41 bits per heavy atom. The second-order valence-electron chi connectivity index (χ2n) is 17.3. The number of anilines is 1. The van der Waals surface area contributed by atoms with Crippen LogP contribution >= 0.6 is 0 Å². The van der Waals surface area contributed by atoms with E-state index in [4.69, 9.17) is 23.7 Å². The number of para-hydroxylation sites is 1. The summed E-state index contributed by atoms with van der Waals surface area (Å²) in [6.07, 6.45) is 2.77. The molecule has 1 aromatic heterocycles. The fraction of sp³-hybridized carbons (Fsp3) is 0.609. The van der Waals surface area contributed by atoms with Crippen molar-refractivity contribution >= 4 is 29.3 Å². The number of aromatic nitrogens is 3. The average molecular weight is 849 g/mol. The van der Waals surface area contributed by atoms with Crippen LogP contribution in [0.5, 0.6) is 0 Å². The summed E-state index contributed by atoms with van der Waals surface area (Å²) in [5, 5.41) is 15.4. The molecular weight excluding hydrogens is 781 g/mol. The number of rotatable bonds is 26. The molecule has 4 rings (SSSR count). The first kappa shape index (κ1) is 49.1. The van der Waals surface area contributed by atoms with E-state index in [1.54, 1.807) is 16.7 Å². The van der Waals surface area contributed by atoms with Gasteiger partial charge in [0.2, 0.25) is 5.91 Å². The number of hydrogen-bond acceptors (Lipinski definition) is 12. The number of nitrogens with one attached hydrogen (secondary N) is 2. The van der Waals surface area contributed by atoms with E-state index in [2.05, 4.69) is 41.7 Å². The van der Waals surface area contributed by atoms with Gasteiger partial charge in [-0.3, -0.25) is 14.4 Å². The fourth-order valence-corrected chi connectivity index (χ4v) is 7.01. The van der Waals surface area contributed by atoms with Crippen molar-refractivity contribution in [2.24, 2.45) is 5.41 Å². The Labute approximate surface area is 361 Å². The van der Waals surface area contributed by atoms with Crippen LogP contribution < -0.4 is 15.5 Å². The summed E-state index contributed by atoms with van der Waals surface area (Å²) in [7, 11) is 1.63. The van der Waals surface area contributed by atoms with E-state index in [0.29, 0.717) is 95.7 Å². The van der Waals surface area contributed by atoms with E-state index in [1.165, 1.54) is 0 Å². The van der Waals surface area contributed by atoms with Crippen molar-refractivity contribution < 1.29 is 42.9 Å². The number of carbonyl (C=O) groups is 4. The molecule has 15 heteroatoms. The predicted octanol–water partition coefficient (Wildman–Crippen LogP) is 6.55. The van der Waals surface area contributed by atoms with Gasteiger partial charge >= 0.3 is 6.09 Å². The Balaban J connectivity index is 1.29. The van der Waals surface area contributed by atoms with Crippen LogP contribution in [0.15, 0.2) is 48.5 Å². The molecule has 0 saturated carbocycles. The molecular formula is C46H68N6O9. The minimum atomic E-state index is -0.534. The molecule has 2 heterocycles. The van der Waals surface area contributed by atoms with Gasteiger partial charge in [-0.2, -0.15) is 0 Å². The highest BCUT2D eigenvalue weighted by molar-refractivity contribution is 6.00. The van der Waals surface area contributed by atoms with E-state index in [0.717, 1.165) is 23.1 Å². The van der Waals surface area contributed by atoms with Gasteiger partial charge in [0.25, 0.3) is 0 Å². The van der Waals surface area contributed by atoms with Crippen LogP contribution in [0.4, 0.5) is 10.5 Å². The van der Waals surface area contributed by atoms with Gasteiger partial charge in [0.15, 0.2) is 5.78 Å². The first-order valence-corrected chi connectivity index (χ1v) is 21.6. The lowest BCUT2D eigenvalue weighted by Gasteiger charge is -2.31. The molecule has 3 aromatic rings. The number of ether oxygens (including phenoxy) is 5. The fourth-order valence-electron chi connectivity index (χ4n) is 7.01. The molecule has 0 aliphatic carbocycles. The molecule has 0 spiro atoms. The topological polar surface area (TPSA) is 172 Å². The van der Waals surface area contributed by atoms with E-state index in [-0.39, 0.29) is 61.5 Å². The third-order valence-corrected chi connectivity index (χ3v) is 10.0. The smallest absolute Gasteiger partial charge is 0.407 e. The molecule has 0 fully saturated rings. The van der Waals surface area contributed by atoms with Crippen molar-refractivity contribution in [3.05, 3.63) is 54.1 Å². The number of Topliss-reactive ketones (excluding diaryl/α,β-unsaturated/α-hetero) is 2. The maximum atomic E-state index is 14.0. The molecule has 2 aromatic carbocycles. The summed E-state index contributed by atoms with van der Waals surface area (Å²) in [4.78, 5) is 54.2. The van der Waals surface area contributed by atoms with E-state index < -0.39 is 11.5 Å². The number of amides is 2. The molecule has 0 bridgehead atoms. The number of fused-ring (bicyclic) bond motifs is 5. The van der Waals surface area contributed by atoms with E-state index in [9.17, 15) is 19.2 Å². The van der Waals surface area contributed by atoms with Crippen molar-refractivity contribution in [2.75, 3.05) is 71.4 Å². The van der Waals surface area contributed by atoms with Crippen molar-refractivity contribution in [1.29, 1.82) is 0 Å². The number of unbranched alkanes of at least 4 members (excludes halogenated alkanes) is 1. The van der Waals surface area contributed by atoms with E-state index >= 15 is 0 Å². The van der Waals surface area contributed by atoms with Crippen molar-refractivity contribution in [3.8, 4) is 22.5 Å². The maximum Gasteiger partial charge on any atom is 0.407 e. The molecule has 15 nitrogen and oxygen atoms in total. The van der Waals surface area contributed by atoms with Crippen LogP contribution in [-0.4, -0.2) is 117 Å². The lowest BCUT2D eigenvalue weighted by molar-refractivity contribution is -0.129. The van der Waals surface area contributed by atoms with Gasteiger partial charge in [0.1, 0.15) is 18.1 Å². The van der Waals surface area contributed by atoms with Gasteiger partial charge in [0, 0.05) is 55.0 Å². The first-order chi connectivity index (χ1) is 29.2. The van der Waals surface area contributed by atoms with Gasteiger partial charge in [-0.1, -0.05) is 68.4 Å². The molecule has 61 heavy (non-hydrogen) atoms. The number of hydrogen-bond donors (Lipinski definition) is 2. The lowest BCUT2D eigenvalue weighted by atomic mass is 9.84. The second kappa shape index (κ2) is 24.8. The Hall–Kier alpha value is -4.54. The zero-order valence-electron chi connectivity index (χ0n) is 37.4. The van der Waals surface area contributed by atoms with Crippen molar-refractivity contribution in [3.63, 3.8) is 0 Å². The third kappa shape index (κ3) is 16.4. The highest BCUT2D eigenvalue weighted by atomic mass is 16.6. The number of methoxy groups -OCH3 is 1. The van der Waals surface area contributed by atoms with Crippen molar-refractivity contribution in [1.82, 2.24) is 25.6 Å². The maximum absolute atomic E-state index is 14.0. The van der Waals surface area contributed by atoms with Crippen LogP contribution in [-0.2, 0) is 51.2 Å². The minimum absolute atomic E-state index is 0.0424. The molecule has 1 atom stereocenters. The van der Waals surface area contributed by atoms with Crippen molar-refractivity contribution in [2.45, 2.75) is 111 Å². The highest BCUT2D eigenvalue weighted by Gasteiger charge is 2.32. The standard InChI is InChI=1S/C46H68N6O9/c1-45(2,3)43(55)38(48-46(4,5)6)19-12-13-23-47-44(56)61-26-24-52-42-37-18-10-11-20-39(37)51(33-34-15-8-9-17-36(34)41(42)49-50-52)40(54)21-14-16-35(53)22-25-58-29-30-60-32-31-59-28-27-57-7/h8-11,15,17-18,20,38,48H,12-14,16,19,21-33H2,1-7H3,(H,47,56). The monoisotopic (exact) mass is 849 g/mol. The minimum Gasteiger partial charge on any atom is -0.448 e. The number of nitrogens with zero attached hydrogens (tertiary/aromatic N) is 4. The molecule has 2 N–H and O–H groups in total. The second-order valence-corrected chi connectivity index (χ2v) is 17.3. The van der Waals surface area contributed by atoms with Gasteiger partial charge in [0.05, 0.1) is 76.8 Å². The van der Waals surface area contributed by atoms with Gasteiger partial charge in [-0.25, -0.2) is 9.48 Å². The quantitative estimate of drug-likeness (QED) is 0.0836. The average Bonchev–Trinajstić information content (AvgIpc) is 3.62. The number of benzene rings is 2. The largest absolute Gasteiger partial charge is 0.448 e. The summed E-state index contributed by atoms with van der Waals surface area (Å²) in [6.45, 7) is 16.1. The number of alkyl carbamates (subject to hydrolysis) is 1. The molecule has 0 radical (unpaired) electrons. The molecule has 2 amide bonds. The molecule has 1 aliphatic heterocycles. The van der Waals surface area contributed by atoms with E-state index in [1.807, 2.05) is 69.3 Å². The molecule has 0 saturated heterocycles. The lowest BCUT2D eigenvalue weighted by Crippen LogP contribution is -2.50. The Bertz CT molecular complexity index is 1850. The van der Waals surface area contributed by atoms with Gasteiger partial charge in [-0.05, 0) is 58.1 Å². The van der Waals surface area contributed by atoms with Gasteiger partial charge in [-0.15, -0.1) is 5.10 Å². The molecule has 1 unspecified atom stereocenters. The van der Waals surface area contributed by atoms with Crippen LogP contribution in [0, 0.1) is 5.41 Å². The normalized spacial score (nSPS) is 13.1. The summed E-state index contributed by atoms with van der Waals surface area (Å²) in [6, 6.07) is 15.2. The predicted molar refractivity (Wildman–Crippen MR) is 234 cm³/mol. The van der Waals surface area contributed by atoms with Crippen LogP contribution in [0.3, 0.4) is 0 Å². The van der Waals surface area contributed by atoms with Crippen LogP contribution in [0.1, 0.15) is 92.1 Å². The van der Waals surface area contributed by atoms with Crippen LogP contribution in [0.2, 0.25) is 0 Å². The Morgan fingerprint density at radius 3 is 2.10 bits per heavy atom. The zero-order chi connectivity index (χ0) is 44.3. The first-order valence-electron chi connectivity index (χ1n) is 21.6. The zero-order valence-corrected chi connectivity index (χ0v) is 37.4. The molecule has 336 valence electrons. The Morgan fingerprint density at radius 1 is 0.754 bits per heavy atom. The summed E-state index contributed by atoms with van der Waals surface area (Å²) in [5.74, 6) is 0.124. The number of carbonyl (C=O) groups excluding carboxylic acids is 4.